The third kappa shape index (κ3) is 4.52. The van der Waals surface area contributed by atoms with Crippen molar-refractivity contribution in [2.24, 2.45) is 5.92 Å². The first-order valence-corrected chi connectivity index (χ1v) is 10.1. The molecule has 0 atom stereocenters. The minimum absolute atomic E-state index is 0.00941. The number of nitrogens with one attached hydrogen (secondary N) is 1. The number of amides is 2. The zero-order valence-electron chi connectivity index (χ0n) is 15.2. The van der Waals surface area contributed by atoms with Crippen LogP contribution in [0.15, 0.2) is 28.1 Å². The molecule has 1 fully saturated rings. The molecular weight excluding hydrogens is 350 g/mol. The topological polar surface area (TPSA) is 75.4 Å². The van der Waals surface area contributed by atoms with Crippen molar-refractivity contribution in [2.45, 2.75) is 52.1 Å². The molecule has 26 heavy (non-hydrogen) atoms. The van der Waals surface area contributed by atoms with Crippen molar-refractivity contribution in [3.63, 3.8) is 0 Å². The van der Waals surface area contributed by atoms with Crippen molar-refractivity contribution in [1.82, 2.24) is 15.4 Å². The van der Waals surface area contributed by atoms with Gasteiger partial charge in [-0.1, -0.05) is 25.1 Å². The monoisotopic (exact) mass is 375 g/mol. The van der Waals surface area contributed by atoms with E-state index in [9.17, 15) is 9.59 Å². The van der Waals surface area contributed by atoms with Crippen molar-refractivity contribution in [3.05, 3.63) is 39.9 Å². The molecule has 2 amide bonds. The van der Waals surface area contributed by atoms with Crippen molar-refractivity contribution >= 4 is 23.2 Å². The summed E-state index contributed by atoms with van der Waals surface area (Å²) in [7, 11) is 0. The van der Waals surface area contributed by atoms with Crippen LogP contribution in [0.4, 0.5) is 0 Å². The normalized spacial score (nSPS) is 13.8. The average Bonchev–Trinajstić information content (AvgIpc) is 3.12. The van der Waals surface area contributed by atoms with Gasteiger partial charge < -0.3 is 14.7 Å². The summed E-state index contributed by atoms with van der Waals surface area (Å²) in [5.74, 6) is 0.910. The maximum Gasteiger partial charge on any atom is 0.273 e. The lowest BCUT2D eigenvalue weighted by Gasteiger charge is -2.29. The maximum atomic E-state index is 12.9. The summed E-state index contributed by atoms with van der Waals surface area (Å²) in [5, 5.41) is 8.65. The highest BCUT2D eigenvalue weighted by Gasteiger charge is 2.26. The Labute approximate surface area is 157 Å². The van der Waals surface area contributed by atoms with E-state index in [-0.39, 0.29) is 23.6 Å². The van der Waals surface area contributed by atoms with Gasteiger partial charge in [-0.05, 0) is 43.0 Å². The molecule has 2 aromatic rings. The number of carbonyl (C=O) groups excluding carboxylic acids is 2. The number of rotatable bonds is 9. The molecule has 1 aliphatic rings. The van der Waals surface area contributed by atoms with E-state index in [1.165, 1.54) is 24.2 Å². The molecule has 2 heterocycles. The van der Waals surface area contributed by atoms with E-state index in [0.29, 0.717) is 29.6 Å². The van der Waals surface area contributed by atoms with Crippen molar-refractivity contribution in [3.8, 4) is 0 Å². The largest absolute Gasteiger partial charge is 0.359 e. The molecule has 1 aliphatic carbocycles. The van der Waals surface area contributed by atoms with E-state index in [1.807, 2.05) is 22.4 Å². The SMILES string of the molecule is CCC(CC)N(Cc1cc(C(=O)NCC2CC2)no1)C(=O)c1cccs1. The number of nitrogens with zero attached hydrogens (tertiary/aromatic N) is 2. The summed E-state index contributed by atoms with van der Waals surface area (Å²) in [6.45, 7) is 5.14. The van der Waals surface area contributed by atoms with E-state index >= 15 is 0 Å². The molecule has 0 unspecified atom stereocenters. The van der Waals surface area contributed by atoms with Crippen LogP contribution < -0.4 is 5.32 Å². The van der Waals surface area contributed by atoms with Crippen LogP contribution in [-0.4, -0.2) is 34.5 Å². The molecule has 0 spiro atoms. The smallest absolute Gasteiger partial charge is 0.273 e. The Balaban J connectivity index is 1.69. The maximum absolute atomic E-state index is 12.9. The average molecular weight is 375 g/mol. The fourth-order valence-electron chi connectivity index (χ4n) is 2.95. The summed E-state index contributed by atoms with van der Waals surface area (Å²) in [6.07, 6.45) is 4.08. The van der Waals surface area contributed by atoms with Gasteiger partial charge in [0.25, 0.3) is 11.8 Å². The molecule has 7 heteroatoms. The molecule has 0 aromatic carbocycles. The first kappa shape index (κ1) is 18.6. The van der Waals surface area contributed by atoms with Crippen LogP contribution in [0.25, 0.3) is 0 Å². The van der Waals surface area contributed by atoms with Crippen molar-refractivity contribution in [2.75, 3.05) is 6.54 Å². The minimum atomic E-state index is -0.217. The van der Waals surface area contributed by atoms with Gasteiger partial charge in [0.15, 0.2) is 11.5 Å². The molecule has 0 aliphatic heterocycles. The van der Waals surface area contributed by atoms with E-state index in [0.717, 1.165) is 12.8 Å². The van der Waals surface area contributed by atoms with Gasteiger partial charge in [0.1, 0.15) is 0 Å². The number of aromatic nitrogens is 1. The van der Waals surface area contributed by atoms with Gasteiger partial charge in [-0.25, -0.2) is 0 Å². The lowest BCUT2D eigenvalue weighted by atomic mass is 10.1. The summed E-state index contributed by atoms with van der Waals surface area (Å²) in [4.78, 5) is 27.5. The third-order valence-electron chi connectivity index (χ3n) is 4.74. The Morgan fingerprint density at radius 1 is 1.38 bits per heavy atom. The second kappa shape index (κ2) is 8.49. The summed E-state index contributed by atoms with van der Waals surface area (Å²) >= 11 is 1.43. The molecule has 3 rings (SSSR count). The molecule has 6 nitrogen and oxygen atoms in total. The number of thiophene rings is 1. The summed E-state index contributed by atoms with van der Waals surface area (Å²) < 4.78 is 5.34. The van der Waals surface area contributed by atoms with Crippen molar-refractivity contribution in [1.29, 1.82) is 0 Å². The minimum Gasteiger partial charge on any atom is -0.359 e. The first-order valence-electron chi connectivity index (χ1n) is 9.20. The number of carbonyl (C=O) groups is 2. The van der Waals surface area contributed by atoms with E-state index < -0.39 is 0 Å². The molecule has 0 bridgehead atoms. The van der Waals surface area contributed by atoms with Gasteiger partial charge >= 0.3 is 0 Å². The van der Waals surface area contributed by atoms with E-state index in [4.69, 9.17) is 4.52 Å². The fourth-order valence-corrected chi connectivity index (χ4v) is 3.63. The zero-order chi connectivity index (χ0) is 18.5. The highest BCUT2D eigenvalue weighted by molar-refractivity contribution is 7.12. The van der Waals surface area contributed by atoms with E-state index in [1.54, 1.807) is 6.07 Å². The predicted molar refractivity (Wildman–Crippen MR) is 100 cm³/mol. The molecule has 2 aromatic heterocycles. The van der Waals surface area contributed by atoms with Crippen molar-refractivity contribution < 1.29 is 14.1 Å². The van der Waals surface area contributed by atoms with Gasteiger partial charge in [0, 0.05) is 18.7 Å². The van der Waals surface area contributed by atoms with Crippen LogP contribution in [0, 0.1) is 5.92 Å². The molecule has 0 saturated heterocycles. The van der Waals surface area contributed by atoms with Crippen LogP contribution in [0.1, 0.15) is 65.5 Å². The number of hydrogen-bond acceptors (Lipinski definition) is 5. The second-order valence-electron chi connectivity index (χ2n) is 6.71. The fraction of sp³-hybridized carbons (Fsp3) is 0.526. The highest BCUT2D eigenvalue weighted by atomic mass is 32.1. The Morgan fingerprint density at radius 2 is 2.15 bits per heavy atom. The zero-order valence-corrected chi connectivity index (χ0v) is 16.1. The van der Waals surface area contributed by atoms with Gasteiger partial charge in [-0.2, -0.15) is 0 Å². The van der Waals surface area contributed by atoms with Gasteiger partial charge in [-0.15, -0.1) is 11.3 Å². The van der Waals surface area contributed by atoms with Crippen LogP contribution in [-0.2, 0) is 6.54 Å². The highest BCUT2D eigenvalue weighted by Crippen LogP contribution is 2.27. The Morgan fingerprint density at radius 3 is 2.77 bits per heavy atom. The van der Waals surface area contributed by atoms with Gasteiger partial charge in [-0.3, -0.25) is 9.59 Å². The summed E-state index contributed by atoms with van der Waals surface area (Å²) in [6, 6.07) is 5.46. The Kier molecular flexibility index (Phi) is 6.08. The number of hydrogen-bond donors (Lipinski definition) is 1. The summed E-state index contributed by atoms with van der Waals surface area (Å²) in [5.41, 5.74) is 0.272. The third-order valence-corrected chi connectivity index (χ3v) is 5.60. The standard InChI is InChI=1S/C19H25N3O3S/c1-3-14(4-2)22(19(24)17-6-5-9-26-17)12-15-10-16(21-25-15)18(23)20-11-13-7-8-13/h5-6,9-10,13-14H,3-4,7-8,11-12H2,1-2H3,(H,20,23). The lowest BCUT2D eigenvalue weighted by molar-refractivity contribution is 0.0632. The van der Waals surface area contributed by atoms with Crippen LogP contribution in [0.2, 0.25) is 0 Å². The van der Waals surface area contributed by atoms with Crippen LogP contribution >= 0.6 is 11.3 Å². The first-order chi connectivity index (χ1) is 12.6. The molecule has 0 radical (unpaired) electrons. The van der Waals surface area contributed by atoms with E-state index in [2.05, 4.69) is 24.3 Å². The molecular formula is C19H25N3O3S. The van der Waals surface area contributed by atoms with Crippen LogP contribution in [0.5, 0.6) is 0 Å². The van der Waals surface area contributed by atoms with Gasteiger partial charge in [0.05, 0.1) is 11.4 Å². The predicted octanol–water partition coefficient (Wildman–Crippen LogP) is 3.71. The molecule has 140 valence electrons. The Hall–Kier alpha value is -2.15. The van der Waals surface area contributed by atoms with Crippen LogP contribution in [0.3, 0.4) is 0 Å². The molecule has 1 saturated carbocycles. The lowest BCUT2D eigenvalue weighted by Crippen LogP contribution is -2.38. The second-order valence-corrected chi connectivity index (χ2v) is 7.66. The van der Waals surface area contributed by atoms with Gasteiger partial charge in [0.2, 0.25) is 0 Å². The molecule has 1 N–H and O–H groups in total. The quantitative estimate of drug-likeness (QED) is 0.725. The Bertz CT molecular complexity index is 733.